The van der Waals surface area contributed by atoms with Gasteiger partial charge < -0.3 is 9.84 Å². The summed E-state index contributed by atoms with van der Waals surface area (Å²) >= 11 is 1.39. The van der Waals surface area contributed by atoms with Gasteiger partial charge in [0.05, 0.1) is 18.2 Å². The predicted octanol–water partition coefficient (Wildman–Crippen LogP) is 2.07. The number of phenols is 1. The monoisotopic (exact) mass is 337 g/mol. The minimum absolute atomic E-state index is 0.00483. The van der Waals surface area contributed by atoms with Crippen molar-refractivity contribution in [3.8, 4) is 11.5 Å². The maximum absolute atomic E-state index is 11.0. The first-order valence-corrected chi connectivity index (χ1v) is 7.82. The zero-order chi connectivity index (χ0) is 17.0. The molecule has 0 unspecified atom stereocenters. The van der Waals surface area contributed by atoms with Crippen LogP contribution in [-0.2, 0) is 6.42 Å². The van der Waals surface area contributed by atoms with Crippen molar-refractivity contribution in [3.63, 3.8) is 0 Å². The predicted molar refractivity (Wildman–Crippen MR) is 85.5 cm³/mol. The molecule has 0 aliphatic carbocycles. The Balaban J connectivity index is 2.46. The van der Waals surface area contributed by atoms with Gasteiger partial charge in [0.2, 0.25) is 10.9 Å². The molecule has 0 saturated heterocycles. The van der Waals surface area contributed by atoms with Crippen LogP contribution in [0.3, 0.4) is 0 Å². The van der Waals surface area contributed by atoms with E-state index in [1.807, 2.05) is 13.2 Å². The van der Waals surface area contributed by atoms with Gasteiger partial charge in [0.15, 0.2) is 11.6 Å². The minimum Gasteiger partial charge on any atom is -0.500 e. The van der Waals surface area contributed by atoms with Crippen LogP contribution in [0.15, 0.2) is 22.4 Å². The van der Waals surface area contributed by atoms with Crippen molar-refractivity contribution in [2.75, 3.05) is 13.4 Å². The van der Waals surface area contributed by atoms with E-state index in [2.05, 4.69) is 15.3 Å². The van der Waals surface area contributed by atoms with Gasteiger partial charge in [-0.2, -0.15) is 9.78 Å². The van der Waals surface area contributed by atoms with E-state index < -0.39 is 16.4 Å². The first-order valence-electron chi connectivity index (χ1n) is 6.59. The lowest BCUT2D eigenvalue weighted by Crippen LogP contribution is -1.99. The molecule has 0 fully saturated rings. The van der Waals surface area contributed by atoms with Crippen LogP contribution in [0.2, 0.25) is 0 Å². The highest BCUT2D eigenvalue weighted by Crippen LogP contribution is 2.36. The number of benzene rings is 1. The summed E-state index contributed by atoms with van der Waals surface area (Å²) < 4.78 is 6.52. The topological polar surface area (TPSA) is 116 Å². The molecule has 10 heteroatoms. The third-order valence-electron chi connectivity index (χ3n) is 2.99. The Morgan fingerprint density at radius 2 is 2.26 bits per heavy atom. The van der Waals surface area contributed by atoms with E-state index in [0.29, 0.717) is 23.0 Å². The highest BCUT2D eigenvalue weighted by atomic mass is 32.2. The fourth-order valence-electron chi connectivity index (χ4n) is 1.87. The number of thioether (sulfide) groups is 1. The van der Waals surface area contributed by atoms with Crippen molar-refractivity contribution < 1.29 is 14.8 Å². The van der Waals surface area contributed by atoms with Crippen LogP contribution >= 0.6 is 11.8 Å². The van der Waals surface area contributed by atoms with Gasteiger partial charge in [-0.15, -0.1) is 10.2 Å². The molecule has 2 rings (SSSR count). The Bertz CT molecular complexity index is 738. The van der Waals surface area contributed by atoms with Crippen molar-refractivity contribution in [2.45, 2.75) is 18.5 Å². The van der Waals surface area contributed by atoms with Gasteiger partial charge >= 0.3 is 5.69 Å². The SMILES string of the molecule is CCc1nnc(SC)n1/N=C\c1cc(OC)c(O)c([N+](=O)[O-])c1. The van der Waals surface area contributed by atoms with Gasteiger partial charge in [0, 0.05) is 18.1 Å². The molecular formula is C13H15N5O4S. The molecule has 0 aliphatic heterocycles. The van der Waals surface area contributed by atoms with Crippen molar-refractivity contribution in [1.29, 1.82) is 0 Å². The number of nitrogens with zero attached hydrogens (tertiary/aromatic N) is 5. The molecule has 23 heavy (non-hydrogen) atoms. The van der Waals surface area contributed by atoms with Crippen molar-refractivity contribution >= 4 is 23.7 Å². The zero-order valence-corrected chi connectivity index (χ0v) is 13.6. The second kappa shape index (κ2) is 7.09. The van der Waals surface area contributed by atoms with Crippen molar-refractivity contribution in [2.24, 2.45) is 5.10 Å². The summed E-state index contributed by atoms with van der Waals surface area (Å²) in [4.78, 5) is 10.3. The number of nitro benzene ring substituents is 1. The van der Waals surface area contributed by atoms with E-state index in [-0.39, 0.29) is 5.75 Å². The molecule has 1 aromatic heterocycles. The second-order valence-corrected chi connectivity index (χ2v) is 5.13. The Labute approximate surface area is 136 Å². The highest BCUT2D eigenvalue weighted by molar-refractivity contribution is 7.98. The lowest BCUT2D eigenvalue weighted by molar-refractivity contribution is -0.386. The number of methoxy groups -OCH3 is 1. The van der Waals surface area contributed by atoms with E-state index in [1.54, 1.807) is 4.68 Å². The summed E-state index contributed by atoms with van der Waals surface area (Å²) in [6, 6.07) is 2.68. The molecule has 0 atom stereocenters. The summed E-state index contributed by atoms with van der Waals surface area (Å²) in [5.74, 6) is 0.161. The maximum atomic E-state index is 11.0. The molecule has 0 aliphatic rings. The number of hydrogen-bond donors (Lipinski definition) is 1. The van der Waals surface area contributed by atoms with Gasteiger partial charge in [-0.1, -0.05) is 18.7 Å². The molecule has 2 aromatic rings. The molecule has 0 saturated carbocycles. The third kappa shape index (κ3) is 3.42. The van der Waals surface area contributed by atoms with Gasteiger partial charge in [-0.25, -0.2) is 0 Å². The lowest BCUT2D eigenvalue weighted by atomic mass is 10.2. The smallest absolute Gasteiger partial charge is 0.315 e. The quantitative estimate of drug-likeness (QED) is 0.371. The fraction of sp³-hybridized carbons (Fsp3) is 0.308. The molecule has 0 spiro atoms. The molecule has 1 aromatic carbocycles. The average Bonchev–Trinajstić information content (AvgIpc) is 2.95. The summed E-state index contributed by atoms with van der Waals surface area (Å²) in [5, 5.41) is 33.7. The van der Waals surface area contributed by atoms with Crippen LogP contribution in [0.4, 0.5) is 5.69 Å². The van der Waals surface area contributed by atoms with E-state index >= 15 is 0 Å². The van der Waals surface area contributed by atoms with Gasteiger partial charge in [-0.3, -0.25) is 10.1 Å². The van der Waals surface area contributed by atoms with Crippen LogP contribution in [0, 0.1) is 10.1 Å². The Morgan fingerprint density at radius 3 is 2.83 bits per heavy atom. The summed E-state index contributed by atoms with van der Waals surface area (Å²) in [7, 11) is 1.32. The fourth-order valence-corrected chi connectivity index (χ4v) is 2.31. The van der Waals surface area contributed by atoms with Crippen molar-refractivity contribution in [3.05, 3.63) is 33.6 Å². The number of ether oxygens (including phenoxy) is 1. The third-order valence-corrected chi connectivity index (χ3v) is 3.61. The van der Waals surface area contributed by atoms with E-state index in [0.717, 1.165) is 0 Å². The zero-order valence-electron chi connectivity index (χ0n) is 12.8. The molecular weight excluding hydrogens is 322 g/mol. The van der Waals surface area contributed by atoms with E-state index in [4.69, 9.17) is 4.74 Å². The number of aromatic hydroxyl groups is 1. The molecule has 0 bridgehead atoms. The lowest BCUT2D eigenvalue weighted by Gasteiger charge is -2.05. The number of aryl methyl sites for hydroxylation is 1. The number of aromatic nitrogens is 3. The van der Waals surface area contributed by atoms with Gasteiger partial charge in [0.25, 0.3) is 0 Å². The summed E-state index contributed by atoms with van der Waals surface area (Å²) in [6.07, 6.45) is 3.92. The van der Waals surface area contributed by atoms with Crippen LogP contribution in [0.25, 0.3) is 0 Å². The van der Waals surface area contributed by atoms with Gasteiger partial charge in [-0.05, 0) is 12.3 Å². The Hall–Kier alpha value is -2.62. The van der Waals surface area contributed by atoms with Crippen LogP contribution in [0.5, 0.6) is 11.5 Å². The largest absolute Gasteiger partial charge is 0.500 e. The summed E-state index contributed by atoms with van der Waals surface area (Å²) in [6.45, 7) is 1.93. The number of rotatable bonds is 6. The average molecular weight is 337 g/mol. The normalized spacial score (nSPS) is 11.1. The number of nitro groups is 1. The number of hydrogen-bond acceptors (Lipinski definition) is 8. The number of phenolic OH excluding ortho intramolecular Hbond substituents is 1. The van der Waals surface area contributed by atoms with E-state index in [9.17, 15) is 15.2 Å². The summed E-state index contributed by atoms with van der Waals surface area (Å²) in [5.41, 5.74) is -0.0375. The molecule has 0 radical (unpaired) electrons. The van der Waals surface area contributed by atoms with Crippen LogP contribution < -0.4 is 4.74 Å². The Kier molecular flexibility index (Phi) is 5.16. The standard InChI is InChI=1S/C13H15N5O4S/c1-4-11-15-16-13(23-3)17(11)14-7-8-5-9(18(20)21)12(19)10(6-8)22-2/h5-7,19H,4H2,1-3H3/b14-7-. The maximum Gasteiger partial charge on any atom is 0.315 e. The first-order chi connectivity index (χ1) is 11.0. The molecule has 9 nitrogen and oxygen atoms in total. The highest BCUT2D eigenvalue weighted by Gasteiger charge is 2.19. The van der Waals surface area contributed by atoms with Crippen molar-refractivity contribution in [1.82, 2.24) is 14.9 Å². The minimum atomic E-state index is -0.682. The molecule has 122 valence electrons. The molecule has 1 heterocycles. The van der Waals surface area contributed by atoms with Crippen LogP contribution in [0.1, 0.15) is 18.3 Å². The van der Waals surface area contributed by atoms with E-state index in [1.165, 1.54) is 37.2 Å². The molecule has 1 N–H and O–H groups in total. The van der Waals surface area contributed by atoms with Gasteiger partial charge in [0.1, 0.15) is 0 Å². The van der Waals surface area contributed by atoms with Crippen LogP contribution in [-0.4, -0.2) is 44.5 Å². The first kappa shape index (κ1) is 16.7. The Morgan fingerprint density at radius 1 is 1.52 bits per heavy atom. The molecule has 0 amide bonds. The second-order valence-electron chi connectivity index (χ2n) is 4.36.